The van der Waals surface area contributed by atoms with Crippen LogP contribution in [-0.2, 0) is 9.84 Å². The van der Waals surface area contributed by atoms with Crippen LogP contribution in [0.2, 0.25) is 0 Å². The molecule has 0 atom stereocenters. The van der Waals surface area contributed by atoms with Crippen LogP contribution in [0.3, 0.4) is 0 Å². The average Bonchev–Trinajstić information content (AvgIpc) is 2.47. The second-order valence-electron chi connectivity index (χ2n) is 4.64. The molecule has 2 saturated heterocycles. The summed E-state index contributed by atoms with van der Waals surface area (Å²) in [6.45, 7) is 2.52. The van der Waals surface area contributed by atoms with E-state index in [1.54, 1.807) is 4.90 Å². The van der Waals surface area contributed by atoms with Gasteiger partial charge in [0.2, 0.25) is 0 Å². The van der Waals surface area contributed by atoms with Crippen LogP contribution in [0.1, 0.15) is 26.2 Å². The third-order valence-electron chi connectivity index (χ3n) is 3.56. The van der Waals surface area contributed by atoms with Gasteiger partial charge in [-0.15, -0.1) is 0 Å². The van der Waals surface area contributed by atoms with E-state index in [2.05, 4.69) is 5.32 Å². The Bertz CT molecular complexity index is 443. The first-order chi connectivity index (χ1) is 7.91. The van der Waals surface area contributed by atoms with Gasteiger partial charge in [-0.2, -0.15) is 0 Å². The Morgan fingerprint density at radius 2 is 2.00 bits per heavy atom. The monoisotopic (exact) mass is 259 g/mol. The molecule has 7 heteroatoms. The predicted octanol–water partition coefficient (Wildman–Crippen LogP) is 0.346. The molecule has 1 spiro atoms. The summed E-state index contributed by atoms with van der Waals surface area (Å²) in [7, 11) is -2.99. The quantitative estimate of drug-likeness (QED) is 0.749. The highest BCUT2D eigenvalue weighted by atomic mass is 32.2. The zero-order valence-corrected chi connectivity index (χ0v) is 10.6. The van der Waals surface area contributed by atoms with Crippen molar-refractivity contribution >= 4 is 21.7 Å². The summed E-state index contributed by atoms with van der Waals surface area (Å²) >= 11 is 0. The van der Waals surface area contributed by atoms with Crippen molar-refractivity contribution in [1.82, 2.24) is 10.2 Å². The Morgan fingerprint density at radius 3 is 2.53 bits per heavy atom. The number of nitrogens with one attached hydrogen (secondary N) is 2. The molecule has 0 unspecified atom stereocenters. The lowest BCUT2D eigenvalue weighted by Gasteiger charge is -2.39. The van der Waals surface area contributed by atoms with Crippen LogP contribution in [0.15, 0.2) is 0 Å². The summed E-state index contributed by atoms with van der Waals surface area (Å²) in [6, 6.07) is -0.267. The molecule has 0 aromatic carbocycles. The lowest BCUT2D eigenvalue weighted by atomic mass is 9.90. The third-order valence-corrected chi connectivity index (χ3v) is 5.21. The number of sulfone groups is 1. The SMILES string of the molecule is CCCN1C(=O)NC(=N)C12CCS(=O)(=O)CC2. The Hall–Kier alpha value is -1.11. The normalized spacial score (nSPS) is 26.3. The molecule has 6 nitrogen and oxygen atoms in total. The lowest BCUT2D eigenvalue weighted by molar-refractivity contribution is 0.165. The van der Waals surface area contributed by atoms with Crippen molar-refractivity contribution in [3.63, 3.8) is 0 Å². The standard InChI is InChI=1S/C10H17N3O3S/c1-2-5-13-9(14)12-8(11)10(13)3-6-17(15,16)7-4-10/h2-7H2,1H3,(H2,11,12,14). The Balaban J connectivity index is 2.28. The van der Waals surface area contributed by atoms with E-state index < -0.39 is 15.4 Å². The van der Waals surface area contributed by atoms with Crippen molar-refractivity contribution < 1.29 is 13.2 Å². The number of hydrogen-bond donors (Lipinski definition) is 2. The molecule has 17 heavy (non-hydrogen) atoms. The molecule has 0 radical (unpaired) electrons. The first-order valence-corrected chi connectivity index (χ1v) is 7.61. The second kappa shape index (κ2) is 3.97. The van der Waals surface area contributed by atoms with E-state index in [0.717, 1.165) is 6.42 Å². The highest BCUT2D eigenvalue weighted by Gasteiger charge is 2.52. The van der Waals surface area contributed by atoms with Crippen molar-refractivity contribution in [1.29, 1.82) is 5.41 Å². The van der Waals surface area contributed by atoms with Gasteiger partial charge in [-0.25, -0.2) is 13.2 Å². The van der Waals surface area contributed by atoms with E-state index in [1.807, 2.05) is 6.92 Å². The number of nitrogens with zero attached hydrogens (tertiary/aromatic N) is 1. The van der Waals surface area contributed by atoms with Crippen molar-refractivity contribution in [2.45, 2.75) is 31.7 Å². The highest BCUT2D eigenvalue weighted by molar-refractivity contribution is 7.91. The van der Waals surface area contributed by atoms with Gasteiger partial charge in [0, 0.05) is 6.54 Å². The van der Waals surface area contributed by atoms with Crippen LogP contribution >= 0.6 is 0 Å². The van der Waals surface area contributed by atoms with Crippen molar-refractivity contribution in [2.24, 2.45) is 0 Å². The summed E-state index contributed by atoms with van der Waals surface area (Å²) in [5.74, 6) is 0.278. The molecule has 0 aliphatic carbocycles. The van der Waals surface area contributed by atoms with Crippen LogP contribution in [0, 0.1) is 5.41 Å². The minimum absolute atomic E-state index is 0.0601. The Kier molecular flexibility index (Phi) is 2.89. The molecule has 0 saturated carbocycles. The fraction of sp³-hybridized carbons (Fsp3) is 0.800. The van der Waals surface area contributed by atoms with E-state index in [1.165, 1.54) is 0 Å². The van der Waals surface area contributed by atoms with E-state index in [-0.39, 0.29) is 23.4 Å². The first-order valence-electron chi connectivity index (χ1n) is 5.79. The van der Waals surface area contributed by atoms with Crippen molar-refractivity contribution in [3.05, 3.63) is 0 Å². The largest absolute Gasteiger partial charge is 0.323 e. The smallest absolute Gasteiger partial charge is 0.312 e. The first kappa shape index (κ1) is 12.3. The molecule has 96 valence electrons. The van der Waals surface area contributed by atoms with E-state index in [9.17, 15) is 13.2 Å². The molecule has 2 heterocycles. The third kappa shape index (κ3) is 1.92. The number of carbonyl (C=O) groups is 1. The molecular formula is C10H17N3O3S. The van der Waals surface area contributed by atoms with Gasteiger partial charge in [0.1, 0.15) is 11.4 Å². The molecule has 0 aromatic heterocycles. The Morgan fingerprint density at radius 1 is 1.41 bits per heavy atom. The van der Waals surface area contributed by atoms with E-state index >= 15 is 0 Å². The molecular weight excluding hydrogens is 242 g/mol. The number of urea groups is 1. The molecule has 2 rings (SSSR count). The number of hydrogen-bond acceptors (Lipinski definition) is 4. The van der Waals surface area contributed by atoms with Crippen LogP contribution in [0.25, 0.3) is 0 Å². The summed E-state index contributed by atoms with van der Waals surface area (Å²) < 4.78 is 22.9. The maximum Gasteiger partial charge on any atom is 0.323 e. The van der Waals surface area contributed by atoms with Gasteiger partial charge in [-0.05, 0) is 19.3 Å². The molecule has 2 aliphatic heterocycles. The van der Waals surface area contributed by atoms with Gasteiger partial charge in [-0.1, -0.05) is 6.92 Å². The minimum Gasteiger partial charge on any atom is -0.312 e. The summed E-state index contributed by atoms with van der Waals surface area (Å²) in [6.07, 6.45) is 1.48. The maximum absolute atomic E-state index is 11.7. The number of amides is 2. The molecule has 2 aliphatic rings. The maximum atomic E-state index is 11.7. The second-order valence-corrected chi connectivity index (χ2v) is 6.94. The fourth-order valence-electron chi connectivity index (χ4n) is 2.55. The number of rotatable bonds is 2. The van der Waals surface area contributed by atoms with Crippen LogP contribution in [-0.4, -0.2) is 48.8 Å². The molecule has 2 fully saturated rings. The number of amidine groups is 1. The molecule has 2 N–H and O–H groups in total. The van der Waals surface area contributed by atoms with Gasteiger partial charge < -0.3 is 4.90 Å². The van der Waals surface area contributed by atoms with E-state index in [0.29, 0.717) is 19.4 Å². The zero-order chi connectivity index (χ0) is 12.7. The van der Waals surface area contributed by atoms with Gasteiger partial charge in [0.15, 0.2) is 9.84 Å². The van der Waals surface area contributed by atoms with Gasteiger partial charge in [0.05, 0.1) is 11.5 Å². The highest BCUT2D eigenvalue weighted by Crippen LogP contribution is 2.34. The van der Waals surface area contributed by atoms with Gasteiger partial charge in [0.25, 0.3) is 0 Å². The lowest BCUT2D eigenvalue weighted by Crippen LogP contribution is -2.54. The molecule has 0 aromatic rings. The topological polar surface area (TPSA) is 90.3 Å². The van der Waals surface area contributed by atoms with Crippen LogP contribution in [0.5, 0.6) is 0 Å². The fourth-order valence-corrected chi connectivity index (χ4v) is 4.06. The van der Waals surface area contributed by atoms with Crippen LogP contribution < -0.4 is 5.32 Å². The van der Waals surface area contributed by atoms with Crippen molar-refractivity contribution in [3.8, 4) is 0 Å². The zero-order valence-electron chi connectivity index (χ0n) is 9.82. The Labute approximate surface area is 101 Å². The van der Waals surface area contributed by atoms with Gasteiger partial charge in [-0.3, -0.25) is 10.7 Å². The predicted molar refractivity (Wildman–Crippen MR) is 63.9 cm³/mol. The van der Waals surface area contributed by atoms with Gasteiger partial charge >= 0.3 is 6.03 Å². The number of carbonyl (C=O) groups excluding carboxylic acids is 1. The van der Waals surface area contributed by atoms with Crippen LogP contribution in [0.4, 0.5) is 4.79 Å². The summed E-state index contributed by atoms with van der Waals surface area (Å²) in [5.41, 5.74) is -0.696. The average molecular weight is 259 g/mol. The minimum atomic E-state index is -2.99. The summed E-state index contributed by atoms with van der Waals surface area (Å²) in [4.78, 5) is 13.4. The summed E-state index contributed by atoms with van der Waals surface area (Å²) in [5, 5.41) is 10.4. The molecule has 2 amide bonds. The van der Waals surface area contributed by atoms with E-state index in [4.69, 9.17) is 5.41 Å². The van der Waals surface area contributed by atoms with Crippen molar-refractivity contribution in [2.75, 3.05) is 18.1 Å². The molecule has 0 bridgehead atoms.